The number of likely N-dealkylation sites (tertiary alicyclic amines) is 1. The van der Waals surface area contributed by atoms with E-state index in [1.807, 2.05) is 18.2 Å². The molecule has 0 bridgehead atoms. The maximum Gasteiger partial charge on any atom is 0.316 e. The molecule has 0 aromatic heterocycles. The molecule has 1 aromatic rings. The first-order valence-electron chi connectivity index (χ1n) is 7.66. The van der Waals surface area contributed by atoms with Crippen LogP contribution in [0, 0.1) is 0 Å². The molecular formula is C17H23NO2. The molecule has 108 valence electrons. The molecule has 0 spiro atoms. The summed E-state index contributed by atoms with van der Waals surface area (Å²) in [4.78, 5) is 15.0. The van der Waals surface area contributed by atoms with Crippen LogP contribution in [0.15, 0.2) is 30.3 Å². The molecule has 1 aromatic carbocycles. The minimum absolute atomic E-state index is 0.00139. The second-order valence-corrected chi connectivity index (χ2v) is 6.23. The number of hydrogen-bond donors (Lipinski definition) is 0. The molecule has 2 fully saturated rings. The van der Waals surface area contributed by atoms with Crippen LogP contribution in [-0.2, 0) is 14.9 Å². The van der Waals surface area contributed by atoms with Crippen molar-refractivity contribution in [2.45, 2.75) is 43.6 Å². The molecule has 1 aliphatic carbocycles. The van der Waals surface area contributed by atoms with E-state index >= 15 is 0 Å². The second-order valence-electron chi connectivity index (χ2n) is 6.23. The molecule has 0 amide bonds. The van der Waals surface area contributed by atoms with Gasteiger partial charge in [0.25, 0.3) is 0 Å². The zero-order valence-corrected chi connectivity index (χ0v) is 12.2. The van der Waals surface area contributed by atoms with Crippen LogP contribution in [0.4, 0.5) is 0 Å². The van der Waals surface area contributed by atoms with Crippen LogP contribution in [0.25, 0.3) is 0 Å². The molecule has 20 heavy (non-hydrogen) atoms. The molecule has 3 heteroatoms. The Kier molecular flexibility index (Phi) is 3.79. The zero-order chi connectivity index (χ0) is 14.0. The summed E-state index contributed by atoms with van der Waals surface area (Å²) < 4.78 is 5.84. The third-order valence-electron chi connectivity index (χ3n) is 4.80. The van der Waals surface area contributed by atoms with Crippen LogP contribution in [0.3, 0.4) is 0 Å². The molecule has 1 atom stereocenters. The Morgan fingerprint density at radius 1 is 1.25 bits per heavy atom. The largest absolute Gasteiger partial charge is 0.460 e. The summed E-state index contributed by atoms with van der Waals surface area (Å²) in [5.41, 5.74) is 0.747. The van der Waals surface area contributed by atoms with Gasteiger partial charge in [-0.15, -0.1) is 0 Å². The summed E-state index contributed by atoms with van der Waals surface area (Å²) in [5.74, 6) is 0.00139. The number of rotatable bonds is 3. The van der Waals surface area contributed by atoms with Crippen molar-refractivity contribution in [1.29, 1.82) is 0 Å². The topological polar surface area (TPSA) is 29.5 Å². The SMILES string of the molecule is CN1CCC(OC(=O)C2(c3ccccc3)CCCC2)C1. The lowest BCUT2D eigenvalue weighted by atomic mass is 9.79. The van der Waals surface area contributed by atoms with Gasteiger partial charge in [-0.25, -0.2) is 0 Å². The fraction of sp³-hybridized carbons (Fsp3) is 0.588. The number of carbonyl (C=O) groups is 1. The monoisotopic (exact) mass is 273 g/mol. The Hall–Kier alpha value is -1.35. The van der Waals surface area contributed by atoms with E-state index in [0.29, 0.717) is 0 Å². The van der Waals surface area contributed by atoms with E-state index in [4.69, 9.17) is 4.74 Å². The first-order chi connectivity index (χ1) is 9.71. The molecule has 0 radical (unpaired) electrons. The molecule has 2 aliphatic rings. The fourth-order valence-electron chi connectivity index (χ4n) is 3.60. The van der Waals surface area contributed by atoms with Crippen molar-refractivity contribution in [2.75, 3.05) is 20.1 Å². The second kappa shape index (κ2) is 5.57. The minimum atomic E-state index is -0.386. The molecular weight excluding hydrogens is 250 g/mol. The molecule has 1 saturated carbocycles. The Labute approximate surface area is 120 Å². The highest BCUT2D eigenvalue weighted by atomic mass is 16.5. The number of hydrogen-bond acceptors (Lipinski definition) is 3. The average molecular weight is 273 g/mol. The molecule has 3 nitrogen and oxygen atoms in total. The molecule has 1 unspecified atom stereocenters. The summed E-state index contributed by atoms with van der Waals surface area (Å²) in [6.07, 6.45) is 5.14. The number of esters is 1. The minimum Gasteiger partial charge on any atom is -0.460 e. The van der Waals surface area contributed by atoms with Gasteiger partial charge in [-0.3, -0.25) is 4.79 Å². The van der Waals surface area contributed by atoms with Gasteiger partial charge < -0.3 is 9.64 Å². The smallest absolute Gasteiger partial charge is 0.316 e. The van der Waals surface area contributed by atoms with Gasteiger partial charge in [-0.1, -0.05) is 43.2 Å². The number of carbonyl (C=O) groups excluding carboxylic acids is 1. The highest BCUT2D eigenvalue weighted by molar-refractivity contribution is 5.83. The molecule has 0 N–H and O–H groups in total. The number of ether oxygens (including phenoxy) is 1. The van der Waals surface area contributed by atoms with Gasteiger partial charge in [0, 0.05) is 13.1 Å². The quantitative estimate of drug-likeness (QED) is 0.793. The average Bonchev–Trinajstić information content (AvgIpc) is 3.10. The standard InChI is InChI=1S/C17H23NO2/c1-18-12-9-15(13-18)20-16(19)17(10-5-6-11-17)14-7-3-2-4-8-14/h2-4,7-8,15H,5-6,9-13H2,1H3. The van der Waals surface area contributed by atoms with Crippen LogP contribution in [0.1, 0.15) is 37.7 Å². The fourth-order valence-corrected chi connectivity index (χ4v) is 3.60. The van der Waals surface area contributed by atoms with Crippen molar-refractivity contribution in [3.05, 3.63) is 35.9 Å². The van der Waals surface area contributed by atoms with Crippen molar-refractivity contribution in [1.82, 2.24) is 4.90 Å². The normalized spacial score (nSPS) is 25.8. The van der Waals surface area contributed by atoms with Gasteiger partial charge in [-0.2, -0.15) is 0 Å². The lowest BCUT2D eigenvalue weighted by molar-refractivity contribution is -0.155. The Balaban J connectivity index is 1.78. The summed E-state index contributed by atoms with van der Waals surface area (Å²) in [5, 5.41) is 0. The highest BCUT2D eigenvalue weighted by Crippen LogP contribution is 2.42. The van der Waals surface area contributed by atoms with Crippen LogP contribution < -0.4 is 0 Å². The van der Waals surface area contributed by atoms with E-state index in [2.05, 4.69) is 24.1 Å². The van der Waals surface area contributed by atoms with E-state index in [0.717, 1.165) is 50.8 Å². The van der Waals surface area contributed by atoms with Crippen molar-refractivity contribution < 1.29 is 9.53 Å². The van der Waals surface area contributed by atoms with Gasteiger partial charge >= 0.3 is 5.97 Å². The Morgan fingerprint density at radius 3 is 2.55 bits per heavy atom. The van der Waals surface area contributed by atoms with Gasteiger partial charge in [0.1, 0.15) is 6.10 Å². The van der Waals surface area contributed by atoms with Crippen molar-refractivity contribution in [3.8, 4) is 0 Å². The Bertz CT molecular complexity index is 465. The van der Waals surface area contributed by atoms with E-state index < -0.39 is 0 Å². The number of likely N-dealkylation sites (N-methyl/N-ethyl adjacent to an activating group) is 1. The predicted molar refractivity (Wildman–Crippen MR) is 78.6 cm³/mol. The van der Waals surface area contributed by atoms with Gasteiger partial charge in [0.15, 0.2) is 0 Å². The predicted octanol–water partition coefficient (Wildman–Crippen LogP) is 2.75. The zero-order valence-electron chi connectivity index (χ0n) is 12.2. The molecule has 3 rings (SSSR count). The molecule has 1 aliphatic heterocycles. The lowest BCUT2D eigenvalue weighted by Crippen LogP contribution is -2.37. The maximum absolute atomic E-state index is 12.8. The Morgan fingerprint density at radius 2 is 1.95 bits per heavy atom. The molecule has 1 saturated heterocycles. The van der Waals surface area contributed by atoms with Crippen molar-refractivity contribution in [2.24, 2.45) is 0 Å². The third kappa shape index (κ3) is 2.47. The summed E-state index contributed by atoms with van der Waals surface area (Å²) >= 11 is 0. The maximum atomic E-state index is 12.8. The van der Waals surface area contributed by atoms with Gasteiger partial charge in [0.05, 0.1) is 5.41 Å². The first-order valence-corrected chi connectivity index (χ1v) is 7.66. The number of benzene rings is 1. The summed E-state index contributed by atoms with van der Waals surface area (Å²) in [6, 6.07) is 10.2. The highest BCUT2D eigenvalue weighted by Gasteiger charge is 2.45. The van der Waals surface area contributed by atoms with Gasteiger partial charge in [-0.05, 0) is 31.9 Å². The van der Waals surface area contributed by atoms with Crippen molar-refractivity contribution >= 4 is 5.97 Å². The third-order valence-corrected chi connectivity index (χ3v) is 4.80. The van der Waals surface area contributed by atoms with Crippen LogP contribution >= 0.6 is 0 Å². The van der Waals surface area contributed by atoms with Crippen LogP contribution in [0.5, 0.6) is 0 Å². The summed E-state index contributed by atoms with van der Waals surface area (Å²) in [7, 11) is 2.08. The number of nitrogens with zero attached hydrogens (tertiary/aromatic N) is 1. The summed E-state index contributed by atoms with van der Waals surface area (Å²) in [6.45, 7) is 1.90. The van der Waals surface area contributed by atoms with E-state index in [1.54, 1.807) is 0 Å². The first kappa shape index (κ1) is 13.6. The lowest BCUT2D eigenvalue weighted by Gasteiger charge is -2.28. The van der Waals surface area contributed by atoms with E-state index in [1.165, 1.54) is 0 Å². The molecule has 1 heterocycles. The van der Waals surface area contributed by atoms with Crippen molar-refractivity contribution in [3.63, 3.8) is 0 Å². The van der Waals surface area contributed by atoms with E-state index in [-0.39, 0.29) is 17.5 Å². The van der Waals surface area contributed by atoms with Crippen LogP contribution in [-0.4, -0.2) is 37.1 Å². The van der Waals surface area contributed by atoms with Gasteiger partial charge in [0.2, 0.25) is 0 Å². The van der Waals surface area contributed by atoms with E-state index in [9.17, 15) is 4.79 Å². The van der Waals surface area contributed by atoms with Crippen LogP contribution in [0.2, 0.25) is 0 Å².